The van der Waals surface area contributed by atoms with E-state index in [1.54, 1.807) is 12.1 Å². The summed E-state index contributed by atoms with van der Waals surface area (Å²) in [6, 6.07) is 58.1. The smallest absolute Gasteiger partial charge is 0.0714 e. The molecule has 1 heteroatoms. The third-order valence-electron chi connectivity index (χ3n) is 11.4. The molecule has 1 aliphatic rings. The highest BCUT2D eigenvalue weighted by Gasteiger charge is 2.47. The first-order chi connectivity index (χ1) is 32.1. The van der Waals surface area contributed by atoms with E-state index in [2.05, 4.69) is 36.4 Å². The van der Waals surface area contributed by atoms with Crippen LogP contribution in [0.2, 0.25) is 0 Å². The number of benzene rings is 10. The number of rotatable bonds is 7. The highest BCUT2D eigenvalue weighted by Crippen LogP contribution is 2.59. The zero-order valence-electron chi connectivity index (χ0n) is 39.3. The van der Waals surface area contributed by atoms with Crippen molar-refractivity contribution in [3.05, 3.63) is 259 Å². The molecule has 10 aromatic rings. The third-order valence-corrected chi connectivity index (χ3v) is 11.4. The molecule has 0 aromatic heterocycles. The van der Waals surface area contributed by atoms with E-state index in [-0.39, 0.29) is 46.7 Å². The Labute approximate surface area is 351 Å². The van der Waals surface area contributed by atoms with Gasteiger partial charge in [-0.2, -0.15) is 0 Å². The Morgan fingerprint density at radius 1 is 0.345 bits per heavy atom. The highest BCUT2D eigenvalue weighted by atomic mass is 15.1. The maximum absolute atomic E-state index is 9.86. The summed E-state index contributed by atoms with van der Waals surface area (Å²) in [5.41, 5.74) is 5.76. The van der Waals surface area contributed by atoms with Crippen molar-refractivity contribution in [2.24, 2.45) is 0 Å². The van der Waals surface area contributed by atoms with Gasteiger partial charge < -0.3 is 4.90 Å². The van der Waals surface area contributed by atoms with Gasteiger partial charge in [0.05, 0.1) is 22.1 Å². The van der Waals surface area contributed by atoms with Crippen molar-refractivity contribution in [3.8, 4) is 33.4 Å². The summed E-state index contributed by atoms with van der Waals surface area (Å²) in [5, 5.41) is 3.70. The molecule has 0 fully saturated rings. The van der Waals surface area contributed by atoms with E-state index < -0.39 is 29.6 Å². The summed E-state index contributed by atoms with van der Waals surface area (Å²) in [6.45, 7) is 0. The summed E-state index contributed by atoms with van der Waals surface area (Å²) >= 11 is 0. The fraction of sp³-hybridized carbons (Fsp3) is 0.0175. The Morgan fingerprint density at radius 2 is 0.793 bits per heavy atom. The molecule has 10 aromatic carbocycles. The third kappa shape index (κ3) is 5.47. The molecular formula is C57H39N. The summed E-state index contributed by atoms with van der Waals surface area (Å²) in [7, 11) is 0. The van der Waals surface area contributed by atoms with Gasteiger partial charge in [0.1, 0.15) is 0 Å². The molecule has 1 nitrogen and oxygen atoms in total. The first-order valence-corrected chi connectivity index (χ1v) is 19.4. The standard InChI is InChI=1S/C57H39N/c1-3-18-48(19-4-1)57(49-20-5-2-6-21-49)53-23-12-11-22-52(53)56-54(57)24-13-25-55(56)58(50-34-30-42(31-35-50)46-28-26-40-14-7-9-16-44(40)38-46)51-36-32-43(33-37-51)47-29-27-41-15-8-10-17-45(41)39-47/h1-39H/i30D,31D,32D,33D,34D,35D,36D,37D. The Balaban J connectivity index is 1.24. The molecule has 0 amide bonds. The molecule has 0 heterocycles. The summed E-state index contributed by atoms with van der Waals surface area (Å²) in [5.74, 6) is 0. The second-order valence-corrected chi connectivity index (χ2v) is 14.6. The van der Waals surface area contributed by atoms with Gasteiger partial charge in [0, 0.05) is 16.9 Å². The van der Waals surface area contributed by atoms with Crippen molar-refractivity contribution in [1.29, 1.82) is 0 Å². The van der Waals surface area contributed by atoms with Gasteiger partial charge >= 0.3 is 0 Å². The predicted molar refractivity (Wildman–Crippen MR) is 244 cm³/mol. The summed E-state index contributed by atoms with van der Waals surface area (Å²) in [6.07, 6.45) is 0. The van der Waals surface area contributed by atoms with Gasteiger partial charge in [-0.15, -0.1) is 0 Å². The Morgan fingerprint density at radius 3 is 1.33 bits per heavy atom. The average molecular weight is 746 g/mol. The minimum atomic E-state index is -0.862. The van der Waals surface area contributed by atoms with Crippen LogP contribution in [0.25, 0.3) is 54.9 Å². The van der Waals surface area contributed by atoms with Crippen LogP contribution in [0.4, 0.5) is 17.1 Å². The molecular weight excluding hydrogens is 699 g/mol. The minimum Gasteiger partial charge on any atom is -0.310 e. The van der Waals surface area contributed by atoms with Crippen LogP contribution in [0.1, 0.15) is 33.2 Å². The second kappa shape index (κ2) is 13.9. The van der Waals surface area contributed by atoms with Gasteiger partial charge in [0.15, 0.2) is 0 Å². The monoisotopic (exact) mass is 745 g/mol. The molecule has 0 aliphatic heterocycles. The van der Waals surface area contributed by atoms with Crippen molar-refractivity contribution >= 4 is 38.6 Å². The molecule has 0 atom stereocenters. The normalized spacial score (nSPS) is 14.6. The van der Waals surface area contributed by atoms with Crippen LogP contribution >= 0.6 is 0 Å². The average Bonchev–Trinajstić information content (AvgIpc) is 3.67. The van der Waals surface area contributed by atoms with E-state index in [4.69, 9.17) is 0 Å². The SMILES string of the molecule is [2H]c1c([2H])c(N(c2cccc3c2-c2ccccc2C3(c2ccccc2)c2ccccc2)c2c([2H])c([2H])c(-c3ccc4ccccc4c3)c([2H])c2[2H])c([2H])c([2H])c1-c1ccc2ccccc2c1. The number of hydrogen-bond donors (Lipinski definition) is 0. The van der Waals surface area contributed by atoms with Crippen LogP contribution in [-0.4, -0.2) is 0 Å². The topological polar surface area (TPSA) is 3.24 Å². The van der Waals surface area contributed by atoms with Crippen molar-refractivity contribution in [2.75, 3.05) is 4.90 Å². The molecule has 0 N–H and O–H groups in total. The van der Waals surface area contributed by atoms with Crippen LogP contribution in [0.5, 0.6) is 0 Å². The van der Waals surface area contributed by atoms with Crippen molar-refractivity contribution in [3.63, 3.8) is 0 Å². The minimum absolute atomic E-state index is 0.112. The fourth-order valence-electron chi connectivity index (χ4n) is 8.83. The van der Waals surface area contributed by atoms with Gasteiger partial charge in [-0.1, -0.05) is 194 Å². The molecule has 0 unspecified atom stereocenters. The van der Waals surface area contributed by atoms with Crippen molar-refractivity contribution < 1.29 is 11.0 Å². The van der Waals surface area contributed by atoms with Gasteiger partial charge in [-0.05, 0) is 114 Å². The van der Waals surface area contributed by atoms with Crippen molar-refractivity contribution in [1.82, 2.24) is 0 Å². The van der Waals surface area contributed by atoms with Gasteiger partial charge in [0.2, 0.25) is 0 Å². The lowest BCUT2D eigenvalue weighted by atomic mass is 9.68. The number of anilines is 3. The van der Waals surface area contributed by atoms with E-state index in [0.717, 1.165) is 49.4 Å². The lowest BCUT2D eigenvalue weighted by Crippen LogP contribution is -2.28. The van der Waals surface area contributed by atoms with Crippen LogP contribution in [-0.2, 0) is 5.41 Å². The summed E-state index contributed by atoms with van der Waals surface area (Å²) < 4.78 is 77.9. The summed E-state index contributed by atoms with van der Waals surface area (Å²) in [4.78, 5) is 1.46. The molecule has 1 aliphatic carbocycles. The van der Waals surface area contributed by atoms with Gasteiger partial charge in [0.25, 0.3) is 0 Å². The number of fused-ring (bicyclic) bond motifs is 5. The second-order valence-electron chi connectivity index (χ2n) is 14.6. The zero-order chi connectivity index (χ0) is 45.4. The number of nitrogens with zero attached hydrogens (tertiary/aromatic N) is 1. The van der Waals surface area contributed by atoms with Crippen LogP contribution in [0, 0.1) is 0 Å². The molecule has 0 bridgehead atoms. The maximum atomic E-state index is 9.86. The van der Waals surface area contributed by atoms with Crippen LogP contribution in [0.3, 0.4) is 0 Å². The molecule has 0 radical (unpaired) electrons. The highest BCUT2D eigenvalue weighted by molar-refractivity contribution is 5.98. The first-order valence-electron chi connectivity index (χ1n) is 23.4. The van der Waals surface area contributed by atoms with E-state index in [0.29, 0.717) is 22.4 Å². The Kier molecular flexibility index (Phi) is 6.33. The molecule has 0 saturated heterocycles. The zero-order valence-corrected chi connectivity index (χ0v) is 31.3. The van der Waals surface area contributed by atoms with E-state index in [1.807, 2.05) is 140 Å². The van der Waals surface area contributed by atoms with E-state index >= 15 is 0 Å². The quantitative estimate of drug-likeness (QED) is 0.157. The molecule has 272 valence electrons. The van der Waals surface area contributed by atoms with Gasteiger partial charge in [-0.3, -0.25) is 0 Å². The van der Waals surface area contributed by atoms with E-state index in [1.165, 1.54) is 4.90 Å². The molecule has 0 saturated carbocycles. The lowest BCUT2D eigenvalue weighted by Gasteiger charge is -2.34. The Bertz CT molecular complexity index is 3350. The number of hydrogen-bond acceptors (Lipinski definition) is 1. The molecule has 58 heavy (non-hydrogen) atoms. The van der Waals surface area contributed by atoms with E-state index in [9.17, 15) is 11.0 Å². The first kappa shape index (κ1) is 26.4. The van der Waals surface area contributed by atoms with Crippen LogP contribution < -0.4 is 4.90 Å². The lowest BCUT2D eigenvalue weighted by molar-refractivity contribution is 0.768. The largest absolute Gasteiger partial charge is 0.310 e. The molecule has 0 spiro atoms. The fourth-order valence-corrected chi connectivity index (χ4v) is 8.83. The van der Waals surface area contributed by atoms with Crippen molar-refractivity contribution in [2.45, 2.75) is 5.41 Å². The van der Waals surface area contributed by atoms with Crippen LogP contribution in [0.15, 0.2) is 236 Å². The van der Waals surface area contributed by atoms with Gasteiger partial charge in [-0.25, -0.2) is 0 Å². The Hall–Kier alpha value is -7.48. The maximum Gasteiger partial charge on any atom is 0.0714 e. The predicted octanol–water partition coefficient (Wildman–Crippen LogP) is 15.2. The molecule has 11 rings (SSSR count).